The molecule has 3 N–H and O–H groups in total. The maximum atomic E-state index is 14.5. The Morgan fingerprint density at radius 3 is 2.58 bits per heavy atom. The number of nitrogens with zero attached hydrogens (tertiary/aromatic N) is 4. The van der Waals surface area contributed by atoms with Crippen molar-refractivity contribution in [1.82, 2.24) is 20.2 Å². The van der Waals surface area contributed by atoms with Gasteiger partial charge in [-0.1, -0.05) is 25.5 Å². The number of nitrogens with one attached hydrogen (secondary N) is 1. The average molecular weight is 523 g/mol. The Kier molecular flexibility index (Phi) is 7.94. The van der Waals surface area contributed by atoms with Crippen LogP contribution in [0.4, 0.5) is 25.1 Å². The van der Waals surface area contributed by atoms with Gasteiger partial charge in [-0.2, -0.15) is 0 Å². The van der Waals surface area contributed by atoms with Crippen molar-refractivity contribution in [1.29, 1.82) is 0 Å². The molecule has 198 valence electrons. The lowest BCUT2D eigenvalue weighted by atomic mass is 9.81. The molecule has 0 saturated carbocycles. The van der Waals surface area contributed by atoms with Crippen LogP contribution in [0, 0.1) is 17.6 Å². The van der Waals surface area contributed by atoms with Crippen molar-refractivity contribution < 1.29 is 23.2 Å². The number of amides is 4. The number of benzene rings is 1. The summed E-state index contributed by atoms with van der Waals surface area (Å²) in [6, 6.07) is 7.39. The summed E-state index contributed by atoms with van der Waals surface area (Å²) in [6.07, 6.45) is 5.55. The highest BCUT2D eigenvalue weighted by molar-refractivity contribution is 6.12. The Bertz CT molecular complexity index is 1340. The van der Waals surface area contributed by atoms with E-state index in [1.165, 1.54) is 35.6 Å². The minimum absolute atomic E-state index is 0.0336. The lowest BCUT2D eigenvalue weighted by Crippen LogP contribution is -2.70. The molecule has 11 heteroatoms. The van der Waals surface area contributed by atoms with Gasteiger partial charge in [-0.05, 0) is 48.7 Å². The topological polar surface area (TPSA) is 122 Å². The number of nitrogen functional groups attached to an aromatic ring is 1. The van der Waals surface area contributed by atoms with Gasteiger partial charge >= 0.3 is 6.03 Å². The number of rotatable bonds is 8. The summed E-state index contributed by atoms with van der Waals surface area (Å²) < 4.78 is 28.4. The summed E-state index contributed by atoms with van der Waals surface area (Å²) in [5, 5.41) is 2.64. The van der Waals surface area contributed by atoms with Crippen LogP contribution in [-0.2, 0) is 16.0 Å². The smallest absolute Gasteiger partial charge is 0.325 e. The largest absolute Gasteiger partial charge is 0.384 e. The first-order chi connectivity index (χ1) is 18.2. The van der Waals surface area contributed by atoms with Crippen molar-refractivity contribution in [2.75, 3.05) is 17.7 Å². The van der Waals surface area contributed by atoms with E-state index >= 15 is 0 Å². The fraction of sp³-hybridized carbons (Fsp3) is 0.296. The van der Waals surface area contributed by atoms with Crippen LogP contribution in [0.2, 0.25) is 0 Å². The normalized spacial score (nSPS) is 17.5. The second kappa shape index (κ2) is 11.3. The monoisotopic (exact) mass is 522 g/mol. The van der Waals surface area contributed by atoms with Gasteiger partial charge in [-0.3, -0.25) is 19.5 Å². The molecule has 38 heavy (non-hydrogen) atoms. The molecule has 4 amide bonds. The molecule has 0 aliphatic carbocycles. The highest BCUT2D eigenvalue weighted by Gasteiger charge is 2.55. The molecule has 1 aliphatic rings. The van der Waals surface area contributed by atoms with Crippen LogP contribution in [-0.4, -0.2) is 45.8 Å². The van der Waals surface area contributed by atoms with E-state index in [1.54, 1.807) is 31.3 Å². The zero-order valence-corrected chi connectivity index (χ0v) is 21.0. The number of anilines is 2. The standard InChI is InChI=1S/C27H28F2N6O3/c1-3-5-21(18-6-4-7-20(28)23(18)29)33-27(38)35-24(26(37)34(2)17-9-11-31-12-10-17)19(25(35)36)14-16-8-13-32-22(30)15-16/h4,6-13,15,19,21,24H,3,5,14H2,1-2H3,(H2,30,32)(H,33,38)/t19-,21-,24+/m1/s1. The summed E-state index contributed by atoms with van der Waals surface area (Å²) in [7, 11) is 1.54. The minimum atomic E-state index is -1.13. The number of likely N-dealkylation sites (N-methyl/N-ethyl adjacent to an activating group) is 1. The number of carbonyl (C=O) groups is 3. The molecule has 1 aliphatic heterocycles. The Labute approximate surface area is 218 Å². The number of hydrogen-bond donors (Lipinski definition) is 2. The first kappa shape index (κ1) is 26.6. The molecule has 1 saturated heterocycles. The van der Waals surface area contributed by atoms with Crippen molar-refractivity contribution in [3.05, 3.63) is 83.8 Å². The van der Waals surface area contributed by atoms with Gasteiger partial charge in [0.05, 0.1) is 12.0 Å². The third kappa shape index (κ3) is 5.31. The molecule has 2 aromatic heterocycles. The molecule has 1 fully saturated rings. The Morgan fingerprint density at radius 2 is 1.89 bits per heavy atom. The van der Waals surface area contributed by atoms with E-state index in [2.05, 4.69) is 15.3 Å². The highest BCUT2D eigenvalue weighted by Crippen LogP contribution is 2.34. The molecule has 1 aromatic carbocycles. The maximum absolute atomic E-state index is 14.5. The van der Waals surface area contributed by atoms with Crippen molar-refractivity contribution in [3.8, 4) is 0 Å². The number of halogens is 2. The highest BCUT2D eigenvalue weighted by atomic mass is 19.2. The third-order valence-electron chi connectivity index (χ3n) is 6.60. The molecular weight excluding hydrogens is 494 g/mol. The fourth-order valence-corrected chi connectivity index (χ4v) is 4.63. The Morgan fingerprint density at radius 1 is 1.16 bits per heavy atom. The second-order valence-electron chi connectivity index (χ2n) is 9.09. The van der Waals surface area contributed by atoms with E-state index in [4.69, 9.17) is 5.73 Å². The molecular formula is C27H28F2N6O3. The van der Waals surface area contributed by atoms with Gasteiger partial charge in [0.15, 0.2) is 11.6 Å². The first-order valence-corrected chi connectivity index (χ1v) is 12.2. The first-order valence-electron chi connectivity index (χ1n) is 12.2. The number of aromatic nitrogens is 2. The van der Waals surface area contributed by atoms with Gasteiger partial charge in [-0.25, -0.2) is 18.6 Å². The molecule has 0 bridgehead atoms. The molecule has 0 unspecified atom stereocenters. The zero-order chi connectivity index (χ0) is 27.4. The summed E-state index contributed by atoms with van der Waals surface area (Å²) >= 11 is 0. The van der Waals surface area contributed by atoms with Crippen LogP contribution in [0.25, 0.3) is 0 Å². The number of urea groups is 1. The molecule has 3 heterocycles. The van der Waals surface area contributed by atoms with Gasteiger partial charge in [0.25, 0.3) is 5.91 Å². The second-order valence-corrected chi connectivity index (χ2v) is 9.09. The van der Waals surface area contributed by atoms with Gasteiger partial charge in [0, 0.05) is 36.9 Å². The number of carbonyl (C=O) groups excluding carboxylic acids is 3. The van der Waals surface area contributed by atoms with Crippen LogP contribution >= 0.6 is 0 Å². The lowest BCUT2D eigenvalue weighted by molar-refractivity contribution is -0.156. The molecule has 3 aromatic rings. The molecule has 4 rings (SSSR count). The van der Waals surface area contributed by atoms with Crippen LogP contribution < -0.4 is 16.0 Å². The summed E-state index contributed by atoms with van der Waals surface area (Å²) in [4.78, 5) is 50.4. The number of hydrogen-bond acceptors (Lipinski definition) is 6. The number of pyridine rings is 2. The molecule has 9 nitrogen and oxygen atoms in total. The van der Waals surface area contributed by atoms with Crippen LogP contribution in [0.5, 0.6) is 0 Å². The fourth-order valence-electron chi connectivity index (χ4n) is 4.63. The average Bonchev–Trinajstić information content (AvgIpc) is 2.91. The van der Waals surface area contributed by atoms with Crippen LogP contribution in [0.1, 0.15) is 36.9 Å². The van der Waals surface area contributed by atoms with Crippen molar-refractivity contribution in [2.24, 2.45) is 5.92 Å². The van der Waals surface area contributed by atoms with E-state index in [9.17, 15) is 23.2 Å². The Balaban J connectivity index is 1.62. The predicted molar refractivity (Wildman–Crippen MR) is 137 cm³/mol. The van der Waals surface area contributed by atoms with E-state index < -0.39 is 47.5 Å². The lowest BCUT2D eigenvalue weighted by Gasteiger charge is -2.46. The van der Waals surface area contributed by atoms with E-state index in [-0.39, 0.29) is 17.8 Å². The zero-order valence-electron chi connectivity index (χ0n) is 21.0. The molecule has 0 spiro atoms. The quantitative estimate of drug-likeness (QED) is 0.436. The van der Waals surface area contributed by atoms with E-state index in [1.807, 2.05) is 6.92 Å². The van der Waals surface area contributed by atoms with Gasteiger partial charge in [0.2, 0.25) is 5.91 Å². The van der Waals surface area contributed by atoms with Crippen molar-refractivity contribution >= 4 is 29.4 Å². The number of β-lactam (4-membered cyclic amide) rings is 1. The molecule has 3 atom stereocenters. The van der Waals surface area contributed by atoms with Crippen molar-refractivity contribution in [2.45, 2.75) is 38.3 Å². The van der Waals surface area contributed by atoms with Gasteiger partial charge in [0.1, 0.15) is 11.9 Å². The SMILES string of the molecule is CCC[C@@H](NC(=O)N1C(=O)[C@H](Cc2ccnc(N)c2)[C@H]1C(=O)N(C)c1ccncc1)c1cccc(F)c1F. The maximum Gasteiger partial charge on any atom is 0.325 e. The number of likely N-dealkylation sites (tertiary alicyclic amines) is 1. The predicted octanol–water partition coefficient (Wildman–Crippen LogP) is 3.62. The third-order valence-corrected chi connectivity index (χ3v) is 6.60. The summed E-state index contributed by atoms with van der Waals surface area (Å²) in [5.41, 5.74) is 6.96. The van der Waals surface area contributed by atoms with Crippen molar-refractivity contribution in [3.63, 3.8) is 0 Å². The van der Waals surface area contributed by atoms with Crippen LogP contribution in [0.15, 0.2) is 61.1 Å². The van der Waals surface area contributed by atoms with E-state index in [0.29, 0.717) is 24.1 Å². The minimum Gasteiger partial charge on any atom is -0.384 e. The Hall–Kier alpha value is -4.41. The van der Waals surface area contributed by atoms with Gasteiger partial charge in [-0.15, -0.1) is 0 Å². The number of nitrogens with two attached hydrogens (primary N) is 1. The summed E-state index contributed by atoms with van der Waals surface area (Å²) in [5.74, 6) is -3.73. The van der Waals surface area contributed by atoms with Crippen LogP contribution in [0.3, 0.4) is 0 Å². The summed E-state index contributed by atoms with van der Waals surface area (Å²) in [6.45, 7) is 1.83. The number of imide groups is 1. The van der Waals surface area contributed by atoms with Gasteiger partial charge < -0.3 is 16.0 Å². The van der Waals surface area contributed by atoms with E-state index in [0.717, 1.165) is 11.0 Å². The molecule has 0 radical (unpaired) electrons.